The minimum Gasteiger partial charge on any atom is -0.456 e. The molecule has 0 unspecified atom stereocenters. The molecule has 19 heavy (non-hydrogen) atoms. The summed E-state index contributed by atoms with van der Waals surface area (Å²) in [5.74, 6) is 0.650. The molecule has 1 heterocycles. The maximum Gasteiger partial charge on any atom is 0.147 e. The van der Waals surface area contributed by atoms with E-state index >= 15 is 0 Å². The Hall–Kier alpha value is -1.62. The molecule has 0 aliphatic heterocycles. The monoisotopic (exact) mass is 324 g/mol. The van der Waals surface area contributed by atoms with E-state index in [1.54, 1.807) is 18.5 Å². The maximum absolute atomic E-state index is 13.2. The van der Waals surface area contributed by atoms with E-state index < -0.39 is 0 Å². The van der Waals surface area contributed by atoms with Crippen LogP contribution in [0.15, 0.2) is 41.1 Å². The van der Waals surface area contributed by atoms with Gasteiger partial charge in [0, 0.05) is 23.2 Å². The smallest absolute Gasteiger partial charge is 0.147 e. The molecular formula is C14H14BrFN2O. The molecule has 0 spiro atoms. The van der Waals surface area contributed by atoms with Crippen molar-refractivity contribution in [2.45, 2.75) is 13.3 Å². The summed E-state index contributed by atoms with van der Waals surface area (Å²) in [6.07, 6.45) is 4.35. The molecule has 5 heteroatoms. The first kappa shape index (κ1) is 13.8. The van der Waals surface area contributed by atoms with Crippen molar-refractivity contribution in [1.29, 1.82) is 0 Å². The number of benzene rings is 1. The first-order valence-corrected chi connectivity index (χ1v) is 6.79. The van der Waals surface area contributed by atoms with Gasteiger partial charge in [-0.2, -0.15) is 0 Å². The first-order valence-electron chi connectivity index (χ1n) is 6.00. The molecule has 2 aromatic rings. The SMILES string of the molecule is CCCNc1cncc(Oc2cc(F)cc(Br)c2)c1. The van der Waals surface area contributed by atoms with Gasteiger partial charge >= 0.3 is 0 Å². The number of pyridine rings is 1. The molecule has 0 saturated heterocycles. The van der Waals surface area contributed by atoms with E-state index in [4.69, 9.17) is 4.74 Å². The van der Waals surface area contributed by atoms with E-state index in [9.17, 15) is 4.39 Å². The molecule has 3 nitrogen and oxygen atoms in total. The topological polar surface area (TPSA) is 34.2 Å². The van der Waals surface area contributed by atoms with Crippen molar-refractivity contribution in [2.75, 3.05) is 11.9 Å². The van der Waals surface area contributed by atoms with Crippen molar-refractivity contribution in [2.24, 2.45) is 0 Å². The highest BCUT2D eigenvalue weighted by atomic mass is 79.9. The zero-order valence-electron chi connectivity index (χ0n) is 10.5. The molecule has 100 valence electrons. The molecule has 1 aromatic heterocycles. The van der Waals surface area contributed by atoms with Crippen LogP contribution in [0.2, 0.25) is 0 Å². The van der Waals surface area contributed by atoms with Crippen molar-refractivity contribution < 1.29 is 9.13 Å². The van der Waals surface area contributed by atoms with Crippen molar-refractivity contribution in [1.82, 2.24) is 4.98 Å². The molecule has 0 aliphatic carbocycles. The van der Waals surface area contributed by atoms with Gasteiger partial charge in [0.2, 0.25) is 0 Å². The van der Waals surface area contributed by atoms with Crippen LogP contribution >= 0.6 is 15.9 Å². The second kappa shape index (κ2) is 6.52. The lowest BCUT2D eigenvalue weighted by molar-refractivity contribution is 0.474. The van der Waals surface area contributed by atoms with Gasteiger partial charge in [-0.25, -0.2) is 4.39 Å². The van der Waals surface area contributed by atoms with Crippen molar-refractivity contribution in [3.8, 4) is 11.5 Å². The van der Waals surface area contributed by atoms with Gasteiger partial charge in [0.15, 0.2) is 0 Å². The third-order valence-corrected chi connectivity index (χ3v) is 2.82. The van der Waals surface area contributed by atoms with Gasteiger partial charge in [0.05, 0.1) is 18.1 Å². The molecule has 0 amide bonds. The number of hydrogen-bond donors (Lipinski definition) is 1. The van der Waals surface area contributed by atoms with E-state index in [-0.39, 0.29) is 5.82 Å². The van der Waals surface area contributed by atoms with Crippen LogP contribution in [-0.2, 0) is 0 Å². The summed E-state index contributed by atoms with van der Waals surface area (Å²) >= 11 is 3.23. The number of anilines is 1. The molecule has 1 N–H and O–H groups in total. The van der Waals surface area contributed by atoms with Crippen molar-refractivity contribution in [3.63, 3.8) is 0 Å². The van der Waals surface area contributed by atoms with Crippen LogP contribution < -0.4 is 10.1 Å². The van der Waals surface area contributed by atoms with E-state index in [0.717, 1.165) is 18.7 Å². The molecular weight excluding hydrogens is 311 g/mol. The Balaban J connectivity index is 2.13. The summed E-state index contributed by atoms with van der Waals surface area (Å²) in [5.41, 5.74) is 0.884. The first-order chi connectivity index (χ1) is 9.17. The van der Waals surface area contributed by atoms with Gasteiger partial charge in [-0.05, 0) is 18.6 Å². The summed E-state index contributed by atoms with van der Waals surface area (Å²) in [6.45, 7) is 2.96. The zero-order chi connectivity index (χ0) is 13.7. The Morgan fingerprint density at radius 2 is 2.05 bits per heavy atom. The van der Waals surface area contributed by atoms with Crippen LogP contribution in [0.1, 0.15) is 13.3 Å². The van der Waals surface area contributed by atoms with Crippen LogP contribution in [-0.4, -0.2) is 11.5 Å². The highest BCUT2D eigenvalue weighted by molar-refractivity contribution is 9.10. The fourth-order valence-corrected chi connectivity index (χ4v) is 2.01. The van der Waals surface area contributed by atoms with Crippen molar-refractivity contribution in [3.05, 3.63) is 46.9 Å². The van der Waals surface area contributed by atoms with E-state index in [1.807, 2.05) is 6.07 Å². The normalized spacial score (nSPS) is 10.3. The van der Waals surface area contributed by atoms with Crippen LogP contribution in [0.3, 0.4) is 0 Å². The summed E-state index contributed by atoms with van der Waals surface area (Å²) < 4.78 is 19.5. The van der Waals surface area contributed by atoms with Crippen molar-refractivity contribution >= 4 is 21.6 Å². The van der Waals surface area contributed by atoms with Gasteiger partial charge < -0.3 is 10.1 Å². The molecule has 0 fully saturated rings. The summed E-state index contributed by atoms with van der Waals surface area (Å²) in [7, 11) is 0. The number of ether oxygens (including phenoxy) is 1. The average molecular weight is 325 g/mol. The number of hydrogen-bond acceptors (Lipinski definition) is 3. The minimum absolute atomic E-state index is 0.349. The quantitative estimate of drug-likeness (QED) is 0.872. The summed E-state index contributed by atoms with van der Waals surface area (Å²) in [4.78, 5) is 4.09. The fourth-order valence-electron chi connectivity index (χ4n) is 1.56. The predicted octanol–water partition coefficient (Wildman–Crippen LogP) is 4.60. The number of aromatic nitrogens is 1. The standard InChI is InChI=1S/C14H14BrFN2O/c1-2-3-18-12-7-14(9-17-8-12)19-13-5-10(15)4-11(16)6-13/h4-9,18H,2-3H2,1H3. The van der Waals surface area contributed by atoms with Gasteiger partial charge in [-0.1, -0.05) is 22.9 Å². The lowest BCUT2D eigenvalue weighted by Gasteiger charge is -2.09. The highest BCUT2D eigenvalue weighted by Crippen LogP contribution is 2.26. The molecule has 0 atom stereocenters. The number of halogens is 2. The van der Waals surface area contributed by atoms with Gasteiger partial charge in [-0.3, -0.25) is 4.98 Å². The highest BCUT2D eigenvalue weighted by Gasteiger charge is 2.03. The van der Waals surface area contributed by atoms with Gasteiger partial charge in [0.1, 0.15) is 17.3 Å². The van der Waals surface area contributed by atoms with Gasteiger partial charge in [-0.15, -0.1) is 0 Å². The zero-order valence-corrected chi connectivity index (χ0v) is 12.1. The summed E-state index contributed by atoms with van der Waals surface area (Å²) in [5, 5.41) is 3.22. The van der Waals surface area contributed by atoms with Crippen LogP contribution in [0.5, 0.6) is 11.5 Å². The van der Waals surface area contributed by atoms with Crippen LogP contribution in [0, 0.1) is 5.82 Å². The lowest BCUT2D eigenvalue weighted by Crippen LogP contribution is -2.00. The fraction of sp³-hybridized carbons (Fsp3) is 0.214. The Bertz CT molecular complexity index is 543. The molecule has 0 aliphatic rings. The molecule has 0 bridgehead atoms. The minimum atomic E-state index is -0.349. The molecule has 1 aromatic carbocycles. The third kappa shape index (κ3) is 4.21. The second-order valence-electron chi connectivity index (χ2n) is 4.04. The predicted molar refractivity (Wildman–Crippen MR) is 77.2 cm³/mol. The van der Waals surface area contributed by atoms with E-state index in [1.165, 1.54) is 12.1 Å². The molecule has 0 radical (unpaired) electrons. The van der Waals surface area contributed by atoms with E-state index in [0.29, 0.717) is 16.0 Å². The number of nitrogens with one attached hydrogen (secondary N) is 1. The maximum atomic E-state index is 13.2. The largest absolute Gasteiger partial charge is 0.456 e. The summed E-state index contributed by atoms with van der Waals surface area (Å²) in [6, 6.07) is 6.25. The Labute approximate surface area is 119 Å². The van der Waals surface area contributed by atoms with Crippen LogP contribution in [0.4, 0.5) is 10.1 Å². The average Bonchev–Trinajstić information content (AvgIpc) is 2.35. The second-order valence-corrected chi connectivity index (χ2v) is 4.96. The van der Waals surface area contributed by atoms with Crippen LogP contribution in [0.25, 0.3) is 0 Å². The molecule has 0 saturated carbocycles. The Morgan fingerprint density at radius 3 is 2.79 bits per heavy atom. The Kier molecular flexibility index (Phi) is 4.74. The lowest BCUT2D eigenvalue weighted by atomic mass is 10.3. The Morgan fingerprint density at radius 1 is 1.21 bits per heavy atom. The van der Waals surface area contributed by atoms with E-state index in [2.05, 4.69) is 33.2 Å². The number of nitrogens with zero attached hydrogens (tertiary/aromatic N) is 1. The third-order valence-electron chi connectivity index (χ3n) is 2.36. The number of rotatable bonds is 5. The molecule has 2 rings (SSSR count). The van der Waals surface area contributed by atoms with Gasteiger partial charge in [0.25, 0.3) is 0 Å².